The molecule has 2 heterocycles. The van der Waals surface area contributed by atoms with E-state index in [2.05, 4.69) is 90.3 Å². The maximum absolute atomic E-state index is 11.4. The van der Waals surface area contributed by atoms with E-state index in [1.54, 1.807) is 0 Å². The summed E-state index contributed by atoms with van der Waals surface area (Å²) in [5.41, 5.74) is 9.57. The van der Waals surface area contributed by atoms with Crippen molar-refractivity contribution in [3.63, 3.8) is 0 Å². The Morgan fingerprint density at radius 2 is 1.72 bits per heavy atom. The molecule has 4 nitrogen and oxygen atoms in total. The number of para-hydroxylation sites is 1. The lowest BCUT2D eigenvalue weighted by atomic mass is 9.62. The van der Waals surface area contributed by atoms with Gasteiger partial charge in [-0.2, -0.15) is 0 Å². The fourth-order valence-electron chi connectivity index (χ4n) is 7.69. The fraction of sp³-hybridized carbons (Fsp3) is 0.229. The number of benzene rings is 2. The first kappa shape index (κ1) is 22.9. The summed E-state index contributed by atoms with van der Waals surface area (Å²) in [6, 6.07) is 19.0. The molecule has 3 aromatic rings. The summed E-state index contributed by atoms with van der Waals surface area (Å²) in [6.07, 6.45) is 17.8. The summed E-state index contributed by atoms with van der Waals surface area (Å²) in [5.74, 6) is 0. The van der Waals surface area contributed by atoms with Gasteiger partial charge in [-0.05, 0) is 59.2 Å². The number of aromatic nitrogens is 1. The zero-order valence-electron chi connectivity index (χ0n) is 21.7. The van der Waals surface area contributed by atoms with Crippen molar-refractivity contribution >= 4 is 22.2 Å². The molecule has 0 spiro atoms. The Balaban J connectivity index is 1.38. The lowest BCUT2D eigenvalue weighted by Gasteiger charge is -2.42. The summed E-state index contributed by atoms with van der Waals surface area (Å²) >= 11 is 0. The highest BCUT2D eigenvalue weighted by molar-refractivity contribution is 5.94. The van der Waals surface area contributed by atoms with Gasteiger partial charge in [0.25, 0.3) is 0 Å². The average molecular weight is 511 g/mol. The number of hydrogen-bond donors (Lipinski definition) is 3. The van der Waals surface area contributed by atoms with Crippen LogP contribution in [0.3, 0.4) is 0 Å². The topological polar surface area (TPSA) is 65.4 Å². The van der Waals surface area contributed by atoms with Gasteiger partial charge in [-0.15, -0.1) is 0 Å². The lowest BCUT2D eigenvalue weighted by molar-refractivity contribution is 0.153. The Morgan fingerprint density at radius 3 is 2.62 bits per heavy atom. The van der Waals surface area contributed by atoms with Crippen LogP contribution in [0.15, 0.2) is 114 Å². The molecule has 39 heavy (non-hydrogen) atoms. The zero-order valence-corrected chi connectivity index (χ0v) is 21.7. The molecule has 3 N–H and O–H groups in total. The summed E-state index contributed by atoms with van der Waals surface area (Å²) in [7, 11) is 0. The molecule has 192 valence electrons. The molecule has 0 radical (unpaired) electrons. The molecule has 2 aromatic carbocycles. The van der Waals surface area contributed by atoms with Crippen molar-refractivity contribution in [2.75, 3.05) is 13.2 Å². The quantitative estimate of drug-likeness (QED) is 0.424. The monoisotopic (exact) mass is 510 g/mol. The number of nitrogens with zero attached hydrogens (tertiary/aromatic N) is 1. The third-order valence-corrected chi connectivity index (χ3v) is 9.48. The van der Waals surface area contributed by atoms with Gasteiger partial charge in [-0.3, -0.25) is 0 Å². The normalized spacial score (nSPS) is 27.6. The third-order valence-electron chi connectivity index (χ3n) is 9.48. The van der Waals surface area contributed by atoms with Gasteiger partial charge in [0.2, 0.25) is 0 Å². The molecule has 0 saturated carbocycles. The maximum atomic E-state index is 11.4. The van der Waals surface area contributed by atoms with Crippen molar-refractivity contribution in [3.05, 3.63) is 136 Å². The summed E-state index contributed by atoms with van der Waals surface area (Å²) in [5, 5.41) is 27.7. The maximum Gasteiger partial charge on any atom is 0.0751 e. The van der Waals surface area contributed by atoms with Gasteiger partial charge in [-0.25, -0.2) is 4.98 Å². The van der Waals surface area contributed by atoms with Crippen LogP contribution >= 0.6 is 0 Å². The largest absolute Gasteiger partial charge is 0.395 e. The zero-order chi connectivity index (χ0) is 26.2. The first-order valence-corrected chi connectivity index (χ1v) is 13.9. The number of fused-ring (bicyclic) bond motifs is 7. The minimum Gasteiger partial charge on any atom is -0.395 e. The first-order valence-electron chi connectivity index (χ1n) is 13.9. The molecule has 8 rings (SSSR count). The lowest BCUT2D eigenvalue weighted by Crippen LogP contribution is -2.43. The summed E-state index contributed by atoms with van der Waals surface area (Å²) < 4.78 is 0. The molecule has 0 saturated heterocycles. The van der Waals surface area contributed by atoms with E-state index in [1.807, 2.05) is 12.1 Å². The summed E-state index contributed by atoms with van der Waals surface area (Å²) in [6.45, 7) is -0.103. The van der Waals surface area contributed by atoms with Crippen molar-refractivity contribution < 1.29 is 10.2 Å². The molecule has 3 atom stereocenters. The van der Waals surface area contributed by atoms with Gasteiger partial charge in [0.05, 0.1) is 30.5 Å². The van der Waals surface area contributed by atoms with Crippen LogP contribution in [-0.4, -0.2) is 34.5 Å². The van der Waals surface area contributed by atoms with E-state index in [-0.39, 0.29) is 19.3 Å². The van der Waals surface area contributed by atoms with Crippen LogP contribution in [0.25, 0.3) is 22.2 Å². The number of pyridine rings is 1. The second kappa shape index (κ2) is 8.25. The Morgan fingerprint density at radius 1 is 0.897 bits per heavy atom. The number of aliphatic hydroxyl groups excluding tert-OH is 2. The molecular formula is C35H30N2O2. The van der Waals surface area contributed by atoms with Gasteiger partial charge in [0.15, 0.2) is 0 Å². The van der Waals surface area contributed by atoms with Gasteiger partial charge in [-0.1, -0.05) is 85.0 Å². The first-order chi connectivity index (χ1) is 19.2. The van der Waals surface area contributed by atoms with E-state index in [1.165, 1.54) is 5.57 Å². The van der Waals surface area contributed by atoms with Crippen molar-refractivity contribution in [2.45, 2.75) is 36.1 Å². The van der Waals surface area contributed by atoms with Gasteiger partial charge < -0.3 is 15.5 Å². The van der Waals surface area contributed by atoms with Crippen LogP contribution in [0.4, 0.5) is 0 Å². The van der Waals surface area contributed by atoms with Gasteiger partial charge >= 0.3 is 0 Å². The smallest absolute Gasteiger partial charge is 0.0751 e. The highest BCUT2D eigenvalue weighted by Gasteiger charge is 2.55. The highest BCUT2D eigenvalue weighted by Crippen LogP contribution is 2.60. The minimum absolute atomic E-state index is 0.0506. The molecule has 0 amide bonds. The van der Waals surface area contributed by atoms with E-state index in [0.29, 0.717) is 6.42 Å². The molecule has 0 bridgehead atoms. The van der Waals surface area contributed by atoms with Crippen LogP contribution in [-0.2, 0) is 10.8 Å². The average Bonchev–Trinajstić information content (AvgIpc) is 3.42. The van der Waals surface area contributed by atoms with Crippen LogP contribution in [0.1, 0.15) is 41.6 Å². The standard InChI is InChI=1S/C35H30N2O2/c38-20-34(26-13-5-3-11-24(26)32-28(34)17-22-9-1-7-15-30(22)36-32)19-35(21-39)27-14-6-4-12-25(27)33-29(35)18-23-10-2-8-16-31(23)37-33/h1-3,5,7-18,30,36,38-39H,4,6,19-21H2. The van der Waals surface area contributed by atoms with E-state index in [9.17, 15) is 10.2 Å². The van der Waals surface area contributed by atoms with Gasteiger partial charge in [0.1, 0.15) is 0 Å². The molecular weight excluding hydrogens is 480 g/mol. The van der Waals surface area contributed by atoms with E-state index in [4.69, 9.17) is 4.98 Å². The molecule has 4 heteroatoms. The van der Waals surface area contributed by atoms with Crippen molar-refractivity contribution in [1.82, 2.24) is 10.3 Å². The second-order valence-electron chi connectivity index (χ2n) is 11.4. The third kappa shape index (κ3) is 2.99. The number of rotatable bonds is 4. The fourth-order valence-corrected chi connectivity index (χ4v) is 7.69. The van der Waals surface area contributed by atoms with Crippen LogP contribution in [0, 0.1) is 0 Å². The van der Waals surface area contributed by atoms with E-state index in [0.717, 1.165) is 68.5 Å². The highest BCUT2D eigenvalue weighted by atomic mass is 16.3. The van der Waals surface area contributed by atoms with E-state index < -0.39 is 10.8 Å². The molecule has 3 unspecified atom stereocenters. The molecule has 1 aromatic heterocycles. The predicted molar refractivity (Wildman–Crippen MR) is 156 cm³/mol. The second-order valence-corrected chi connectivity index (χ2v) is 11.4. The van der Waals surface area contributed by atoms with Crippen molar-refractivity contribution in [3.8, 4) is 0 Å². The Labute approximate surface area is 228 Å². The molecule has 5 aliphatic rings. The van der Waals surface area contributed by atoms with E-state index >= 15 is 0 Å². The van der Waals surface area contributed by atoms with Crippen LogP contribution in [0.2, 0.25) is 0 Å². The SMILES string of the molecule is OCC1(CC2(CO)C3=CCCC=C3c3nc4ccccc4cc32)C2=C(NC3C=CC=CC3=C2)c2ccccc21. The van der Waals surface area contributed by atoms with Crippen molar-refractivity contribution in [1.29, 1.82) is 0 Å². The number of dihydropyridines is 1. The Kier molecular flexibility index (Phi) is 4.86. The van der Waals surface area contributed by atoms with Crippen LogP contribution < -0.4 is 5.32 Å². The van der Waals surface area contributed by atoms with Crippen LogP contribution in [0.5, 0.6) is 0 Å². The Bertz CT molecular complexity index is 1750. The molecule has 1 aliphatic heterocycles. The number of nitrogens with one attached hydrogen (secondary N) is 1. The number of aliphatic hydroxyl groups is 2. The number of allylic oxidation sites excluding steroid dienone is 6. The Hall–Kier alpha value is -3.99. The minimum atomic E-state index is -0.689. The molecule has 0 fully saturated rings. The van der Waals surface area contributed by atoms with Gasteiger partial charge in [0, 0.05) is 33.0 Å². The predicted octanol–water partition coefficient (Wildman–Crippen LogP) is 5.65. The number of hydrogen-bond acceptors (Lipinski definition) is 4. The van der Waals surface area contributed by atoms with Crippen molar-refractivity contribution in [2.24, 2.45) is 0 Å². The summed E-state index contributed by atoms with van der Waals surface area (Å²) in [4.78, 5) is 5.15. The molecule has 4 aliphatic carbocycles.